The lowest BCUT2D eigenvalue weighted by Crippen LogP contribution is -2.17. The number of carbonyl (C=O) groups excluding carboxylic acids is 3. The van der Waals surface area contributed by atoms with Crippen molar-refractivity contribution in [2.24, 2.45) is 0 Å². The van der Waals surface area contributed by atoms with Crippen LogP contribution < -0.4 is 10.1 Å². The van der Waals surface area contributed by atoms with E-state index in [1.807, 2.05) is 30.3 Å². The largest absolute Gasteiger partial charge is 0.513 e. The zero-order chi connectivity index (χ0) is 31.8. The molecule has 0 unspecified atom stereocenters. The van der Waals surface area contributed by atoms with Gasteiger partial charge in [-0.05, 0) is 30.5 Å². The van der Waals surface area contributed by atoms with Crippen LogP contribution in [0.1, 0.15) is 127 Å². The molecule has 44 heavy (non-hydrogen) atoms. The van der Waals surface area contributed by atoms with Crippen LogP contribution in [0.4, 0.5) is 15.3 Å². The lowest BCUT2D eigenvalue weighted by atomic mass is 10.00. The van der Waals surface area contributed by atoms with Crippen molar-refractivity contribution in [2.75, 3.05) is 25.6 Å². The van der Waals surface area contributed by atoms with E-state index in [2.05, 4.69) is 19.2 Å². The summed E-state index contributed by atoms with van der Waals surface area (Å²) < 4.78 is 21.3. The van der Waals surface area contributed by atoms with Crippen molar-refractivity contribution in [3.8, 4) is 16.9 Å². The quantitative estimate of drug-likeness (QED) is 0.0612. The number of amides is 1. The third-order valence-electron chi connectivity index (χ3n) is 7.46. The van der Waals surface area contributed by atoms with E-state index in [-0.39, 0.29) is 17.9 Å². The summed E-state index contributed by atoms with van der Waals surface area (Å²) in [7, 11) is 1.24. The zero-order valence-corrected chi connectivity index (χ0v) is 27.1. The second kappa shape index (κ2) is 22.9. The normalized spacial score (nSPS) is 10.7. The summed E-state index contributed by atoms with van der Waals surface area (Å²) in [5, 5.41) is 2.71. The van der Waals surface area contributed by atoms with E-state index in [4.69, 9.17) is 18.9 Å². The van der Waals surface area contributed by atoms with E-state index in [9.17, 15) is 14.4 Å². The molecule has 0 aromatic heterocycles. The van der Waals surface area contributed by atoms with Gasteiger partial charge in [0, 0.05) is 11.3 Å². The minimum atomic E-state index is -0.902. The molecule has 0 aliphatic rings. The molecule has 0 spiro atoms. The van der Waals surface area contributed by atoms with Gasteiger partial charge in [-0.1, -0.05) is 134 Å². The summed E-state index contributed by atoms with van der Waals surface area (Å²) >= 11 is 0. The van der Waals surface area contributed by atoms with E-state index in [1.54, 1.807) is 6.07 Å². The fourth-order valence-electron chi connectivity index (χ4n) is 4.96. The smallest absolute Gasteiger partial charge is 0.465 e. The average Bonchev–Trinajstić information content (AvgIpc) is 3.03. The van der Waals surface area contributed by atoms with Crippen molar-refractivity contribution in [1.82, 2.24) is 0 Å². The number of benzene rings is 2. The van der Waals surface area contributed by atoms with Gasteiger partial charge in [-0.2, -0.15) is 0 Å². The average molecular weight is 612 g/mol. The van der Waals surface area contributed by atoms with E-state index in [1.165, 1.54) is 77.4 Å². The first-order valence-electron chi connectivity index (χ1n) is 16.6. The number of methoxy groups -OCH3 is 1. The Bertz CT molecular complexity index is 1100. The van der Waals surface area contributed by atoms with Crippen molar-refractivity contribution in [3.05, 3.63) is 48.0 Å². The number of rotatable bonds is 22. The molecule has 244 valence electrons. The number of hydrogen-bond donors (Lipinski definition) is 1. The fourth-order valence-corrected chi connectivity index (χ4v) is 4.96. The molecule has 8 nitrogen and oxygen atoms in total. The van der Waals surface area contributed by atoms with Crippen molar-refractivity contribution in [1.29, 1.82) is 0 Å². The molecular weight excluding hydrogens is 558 g/mol. The van der Waals surface area contributed by atoms with Crippen molar-refractivity contribution in [2.45, 2.75) is 117 Å². The third-order valence-corrected chi connectivity index (χ3v) is 7.46. The van der Waals surface area contributed by atoms with Crippen molar-refractivity contribution < 1.29 is 33.3 Å². The molecule has 8 heteroatoms. The Balaban J connectivity index is 2.02. The number of ether oxygens (including phenoxy) is 4. The van der Waals surface area contributed by atoms with E-state index in [0.717, 1.165) is 38.5 Å². The lowest BCUT2D eigenvalue weighted by Gasteiger charge is -2.17. The number of unbranched alkanes of at least 4 members (excludes halogenated alkanes) is 14. The fraction of sp³-hybridized carbons (Fsp3) is 0.583. The molecule has 0 radical (unpaired) electrons. The second-order valence-electron chi connectivity index (χ2n) is 11.2. The predicted octanol–water partition coefficient (Wildman–Crippen LogP) is 10.5. The first-order chi connectivity index (χ1) is 21.5. The zero-order valence-electron chi connectivity index (χ0n) is 27.1. The molecule has 2 aromatic carbocycles. The Morgan fingerprint density at radius 1 is 0.659 bits per heavy atom. The lowest BCUT2D eigenvalue weighted by molar-refractivity contribution is 0.0594. The Labute approximate surface area is 264 Å². The topological polar surface area (TPSA) is 100 Å². The summed E-state index contributed by atoms with van der Waals surface area (Å²) in [4.78, 5) is 38.1. The maximum atomic E-state index is 12.8. The highest BCUT2D eigenvalue weighted by molar-refractivity contribution is 5.99. The van der Waals surface area contributed by atoms with Gasteiger partial charge in [0.1, 0.15) is 5.56 Å². The first kappa shape index (κ1) is 36.6. The number of carbonyl (C=O) groups is 3. The van der Waals surface area contributed by atoms with Gasteiger partial charge in [0.25, 0.3) is 0 Å². The van der Waals surface area contributed by atoms with Gasteiger partial charge >= 0.3 is 18.2 Å². The predicted molar refractivity (Wildman–Crippen MR) is 175 cm³/mol. The molecule has 0 saturated heterocycles. The molecule has 1 amide bonds. The standard InChI is InChI=1S/C36H53NO7/c1-4-6-8-10-12-14-16-21-25-42-35(39)37-30-27-31(29-23-19-18-20-24-29)33(32(28-30)34(38)41-3)44-36(40)43-26-22-17-15-13-11-9-7-5-2/h18-20,23-24,27-28H,4-17,21-22,25-26H2,1-3H3,(H,37,39). The Kier molecular flexibility index (Phi) is 19.1. The molecule has 0 bridgehead atoms. The number of hydrogen-bond acceptors (Lipinski definition) is 7. The molecule has 0 aliphatic carbocycles. The molecule has 0 heterocycles. The van der Waals surface area contributed by atoms with Gasteiger partial charge in [-0.15, -0.1) is 0 Å². The number of nitrogens with one attached hydrogen (secondary N) is 1. The second-order valence-corrected chi connectivity index (χ2v) is 11.2. The molecule has 0 saturated carbocycles. The van der Waals surface area contributed by atoms with Gasteiger partial charge in [0.2, 0.25) is 0 Å². The first-order valence-corrected chi connectivity index (χ1v) is 16.6. The summed E-state index contributed by atoms with van der Waals surface area (Å²) in [5.41, 5.74) is 1.40. The van der Waals surface area contributed by atoms with Crippen LogP contribution in [0.25, 0.3) is 11.1 Å². The van der Waals surface area contributed by atoms with Crippen molar-refractivity contribution >= 4 is 23.9 Å². The van der Waals surface area contributed by atoms with E-state index < -0.39 is 18.2 Å². The third kappa shape index (κ3) is 14.8. The highest BCUT2D eigenvalue weighted by atomic mass is 16.7. The van der Waals surface area contributed by atoms with Crippen LogP contribution >= 0.6 is 0 Å². The highest BCUT2D eigenvalue weighted by Gasteiger charge is 2.24. The van der Waals surface area contributed by atoms with Crippen LogP contribution in [0.15, 0.2) is 42.5 Å². The summed E-state index contributed by atoms with van der Waals surface area (Å²) in [6.07, 6.45) is 16.6. The Hall–Kier alpha value is -3.55. The van der Waals surface area contributed by atoms with Crippen LogP contribution in [-0.4, -0.2) is 38.5 Å². The molecule has 0 fully saturated rings. The summed E-state index contributed by atoms with van der Waals surface area (Å²) in [6, 6.07) is 12.2. The maximum Gasteiger partial charge on any atom is 0.513 e. The molecule has 0 atom stereocenters. The maximum absolute atomic E-state index is 12.8. The number of esters is 1. The SMILES string of the molecule is CCCCCCCCCCOC(=O)Nc1cc(C(=O)OC)c(OC(=O)OCCCCCCCCCC)c(-c2ccccc2)c1. The van der Waals surface area contributed by atoms with Crippen LogP contribution in [-0.2, 0) is 14.2 Å². The van der Waals surface area contributed by atoms with Crippen molar-refractivity contribution in [3.63, 3.8) is 0 Å². The van der Waals surface area contributed by atoms with Crippen LogP contribution in [0.5, 0.6) is 5.75 Å². The molecule has 1 N–H and O–H groups in total. The summed E-state index contributed by atoms with van der Waals surface area (Å²) in [5.74, 6) is -0.717. The Morgan fingerprint density at radius 3 is 1.73 bits per heavy atom. The van der Waals surface area contributed by atoms with Gasteiger partial charge < -0.3 is 18.9 Å². The highest BCUT2D eigenvalue weighted by Crippen LogP contribution is 2.37. The minimum Gasteiger partial charge on any atom is -0.465 e. The van der Waals surface area contributed by atoms with E-state index >= 15 is 0 Å². The molecule has 0 aliphatic heterocycles. The van der Waals surface area contributed by atoms with Crippen LogP contribution in [0.2, 0.25) is 0 Å². The Morgan fingerprint density at radius 2 is 1.18 bits per heavy atom. The minimum absolute atomic E-state index is 0.00169. The van der Waals surface area contributed by atoms with Gasteiger partial charge in [-0.3, -0.25) is 5.32 Å². The van der Waals surface area contributed by atoms with Gasteiger partial charge in [0.15, 0.2) is 5.75 Å². The van der Waals surface area contributed by atoms with Gasteiger partial charge in [-0.25, -0.2) is 14.4 Å². The van der Waals surface area contributed by atoms with E-state index in [0.29, 0.717) is 23.4 Å². The molecular formula is C36H53NO7. The number of anilines is 1. The van der Waals surface area contributed by atoms with Crippen LogP contribution in [0, 0.1) is 0 Å². The molecule has 2 rings (SSSR count). The monoisotopic (exact) mass is 611 g/mol. The van der Waals surface area contributed by atoms with Gasteiger partial charge in [0.05, 0.1) is 20.3 Å². The summed E-state index contributed by atoms with van der Waals surface area (Å²) in [6.45, 7) is 4.95. The molecule has 2 aromatic rings. The van der Waals surface area contributed by atoms with Crippen LogP contribution in [0.3, 0.4) is 0 Å².